The molecule has 0 saturated carbocycles. The summed E-state index contributed by atoms with van der Waals surface area (Å²) in [6, 6.07) is 4.27. The van der Waals surface area contributed by atoms with Gasteiger partial charge in [0.05, 0.1) is 29.6 Å². The normalized spacial score (nSPS) is 17.3. The molecule has 1 saturated heterocycles. The van der Waals surface area contributed by atoms with E-state index in [1.807, 2.05) is 6.20 Å². The summed E-state index contributed by atoms with van der Waals surface area (Å²) < 4.78 is 2.05. The first-order valence-electron chi connectivity index (χ1n) is 10.1. The molecule has 3 aromatic heterocycles. The van der Waals surface area contributed by atoms with Crippen LogP contribution >= 0.6 is 0 Å². The Kier molecular flexibility index (Phi) is 3.70. The van der Waals surface area contributed by atoms with Crippen molar-refractivity contribution in [2.45, 2.75) is 19.9 Å². The molecule has 2 aliphatic rings. The second-order valence-electron chi connectivity index (χ2n) is 7.83. The van der Waals surface area contributed by atoms with Crippen molar-refractivity contribution in [1.82, 2.24) is 35.1 Å². The van der Waals surface area contributed by atoms with Gasteiger partial charge < -0.3 is 15.1 Å². The molecule has 0 unspecified atom stereocenters. The van der Waals surface area contributed by atoms with Crippen LogP contribution in [-0.4, -0.2) is 62.5 Å². The summed E-state index contributed by atoms with van der Waals surface area (Å²) in [7, 11) is 0. The lowest BCUT2D eigenvalue weighted by Crippen LogP contribution is -2.45. The molecule has 148 valence electrons. The zero-order valence-corrected chi connectivity index (χ0v) is 16.4. The van der Waals surface area contributed by atoms with Gasteiger partial charge in [-0.05, 0) is 25.0 Å². The zero-order chi connectivity index (χ0) is 19.4. The van der Waals surface area contributed by atoms with Gasteiger partial charge in [-0.1, -0.05) is 6.07 Å². The van der Waals surface area contributed by atoms with Gasteiger partial charge >= 0.3 is 0 Å². The van der Waals surface area contributed by atoms with Crippen LogP contribution in [0.25, 0.3) is 16.7 Å². The molecule has 9 heteroatoms. The minimum absolute atomic E-state index is 0.678. The lowest BCUT2D eigenvalue weighted by molar-refractivity contribution is 0.579. The number of benzene rings is 1. The van der Waals surface area contributed by atoms with Crippen molar-refractivity contribution in [3.8, 4) is 0 Å². The molecule has 0 bridgehead atoms. The number of hydrogen-bond acceptors (Lipinski definition) is 7. The maximum Gasteiger partial charge on any atom is 0.257 e. The van der Waals surface area contributed by atoms with Crippen molar-refractivity contribution < 1.29 is 0 Å². The predicted octanol–water partition coefficient (Wildman–Crippen LogP) is 1.28. The molecule has 0 spiro atoms. The molecule has 2 N–H and O–H groups in total. The van der Waals surface area contributed by atoms with E-state index >= 15 is 0 Å². The third-order valence-electron chi connectivity index (χ3n) is 6.15. The van der Waals surface area contributed by atoms with Crippen LogP contribution in [0.2, 0.25) is 0 Å². The highest BCUT2D eigenvalue weighted by atomic mass is 15.3. The molecule has 0 atom stereocenters. The molecule has 6 rings (SSSR count). The molecular weight excluding hydrogens is 366 g/mol. The smallest absolute Gasteiger partial charge is 0.257 e. The van der Waals surface area contributed by atoms with E-state index in [9.17, 15) is 0 Å². The molecule has 1 aromatic carbocycles. The highest BCUT2D eigenvalue weighted by molar-refractivity contribution is 5.93. The number of nitrogens with one attached hydrogen (secondary N) is 2. The van der Waals surface area contributed by atoms with Gasteiger partial charge in [0.2, 0.25) is 0 Å². The van der Waals surface area contributed by atoms with Crippen LogP contribution in [0.5, 0.6) is 0 Å². The van der Waals surface area contributed by atoms with Crippen LogP contribution in [-0.2, 0) is 13.0 Å². The molecule has 0 amide bonds. The molecule has 9 nitrogen and oxygen atoms in total. The van der Waals surface area contributed by atoms with E-state index in [0.717, 1.165) is 57.0 Å². The van der Waals surface area contributed by atoms with E-state index in [1.54, 1.807) is 6.33 Å². The average Bonchev–Trinajstić information content (AvgIpc) is 3.43. The standard InChI is InChI=1S/C20H23N9/c1-13-2-3-16-15(10-22-25-16)18(13)28-7-4-14-17(11-28)29-12-23-26-20(29)24-19(14)27-8-5-21-6-9-27/h2-3,10,12,21H,4-9,11H2,1H3,(H,22,25). The van der Waals surface area contributed by atoms with Crippen molar-refractivity contribution in [2.24, 2.45) is 0 Å². The van der Waals surface area contributed by atoms with E-state index < -0.39 is 0 Å². The topological polar surface area (TPSA) is 90.3 Å². The van der Waals surface area contributed by atoms with E-state index in [-0.39, 0.29) is 0 Å². The van der Waals surface area contributed by atoms with Crippen molar-refractivity contribution in [3.63, 3.8) is 0 Å². The Hall–Kier alpha value is -3.20. The summed E-state index contributed by atoms with van der Waals surface area (Å²) in [5, 5.41) is 20.4. The Bertz CT molecular complexity index is 1200. The summed E-state index contributed by atoms with van der Waals surface area (Å²) in [6.45, 7) is 7.85. The SMILES string of the molecule is Cc1ccc2[nH]ncc2c1N1CCc2c(N3CCNCC3)nc3nncn3c2C1. The average molecular weight is 389 g/mol. The maximum atomic E-state index is 4.88. The summed E-state index contributed by atoms with van der Waals surface area (Å²) in [5.74, 6) is 1.76. The highest BCUT2D eigenvalue weighted by Gasteiger charge is 2.28. The second-order valence-corrected chi connectivity index (χ2v) is 7.83. The fraction of sp³-hybridized carbons (Fsp3) is 0.400. The van der Waals surface area contributed by atoms with Gasteiger partial charge in [0.1, 0.15) is 12.1 Å². The Morgan fingerprint density at radius 3 is 2.86 bits per heavy atom. The molecule has 4 aromatic rings. The van der Waals surface area contributed by atoms with Gasteiger partial charge in [-0.2, -0.15) is 10.1 Å². The Balaban J connectivity index is 1.48. The molecule has 29 heavy (non-hydrogen) atoms. The van der Waals surface area contributed by atoms with Crippen molar-refractivity contribution in [1.29, 1.82) is 0 Å². The van der Waals surface area contributed by atoms with E-state index in [1.165, 1.54) is 27.9 Å². The van der Waals surface area contributed by atoms with Gasteiger partial charge in [-0.25, -0.2) is 0 Å². The first-order valence-corrected chi connectivity index (χ1v) is 10.1. The Labute approximate surface area is 167 Å². The van der Waals surface area contributed by atoms with Gasteiger partial charge in [-0.15, -0.1) is 10.2 Å². The minimum atomic E-state index is 0.678. The van der Waals surface area contributed by atoms with Crippen LogP contribution in [0.3, 0.4) is 0 Å². The number of H-pyrrole nitrogens is 1. The third-order valence-corrected chi connectivity index (χ3v) is 6.15. The van der Waals surface area contributed by atoms with Gasteiger partial charge in [-0.3, -0.25) is 9.50 Å². The number of nitrogens with zero attached hydrogens (tertiary/aromatic N) is 7. The van der Waals surface area contributed by atoms with Crippen LogP contribution in [0.1, 0.15) is 16.8 Å². The molecule has 0 aliphatic carbocycles. The van der Waals surface area contributed by atoms with Crippen LogP contribution < -0.4 is 15.1 Å². The number of piperazine rings is 1. The first kappa shape index (κ1) is 16.7. The number of aromatic nitrogens is 6. The molecule has 0 radical (unpaired) electrons. The van der Waals surface area contributed by atoms with Crippen LogP contribution in [0.15, 0.2) is 24.7 Å². The molecule has 2 aliphatic heterocycles. The molecule has 1 fully saturated rings. The summed E-state index contributed by atoms with van der Waals surface area (Å²) in [6.07, 6.45) is 4.67. The number of fused-ring (bicyclic) bond motifs is 4. The monoisotopic (exact) mass is 389 g/mol. The fourth-order valence-electron chi connectivity index (χ4n) is 4.73. The van der Waals surface area contributed by atoms with Crippen molar-refractivity contribution in [2.75, 3.05) is 42.5 Å². The Morgan fingerprint density at radius 2 is 1.97 bits per heavy atom. The largest absolute Gasteiger partial charge is 0.365 e. The van der Waals surface area contributed by atoms with Crippen LogP contribution in [0.4, 0.5) is 11.5 Å². The molecule has 5 heterocycles. The summed E-state index contributed by atoms with van der Waals surface area (Å²) >= 11 is 0. The second kappa shape index (κ2) is 6.41. The molecular formula is C20H23N9. The van der Waals surface area contributed by atoms with E-state index in [2.05, 4.69) is 59.0 Å². The maximum absolute atomic E-state index is 4.88. The third kappa shape index (κ3) is 2.57. The Morgan fingerprint density at radius 1 is 1.07 bits per heavy atom. The van der Waals surface area contributed by atoms with Crippen molar-refractivity contribution >= 4 is 28.2 Å². The van der Waals surface area contributed by atoms with Gasteiger partial charge in [0.25, 0.3) is 5.78 Å². The van der Waals surface area contributed by atoms with E-state index in [0.29, 0.717) is 5.78 Å². The summed E-state index contributed by atoms with van der Waals surface area (Å²) in [4.78, 5) is 9.73. The fourth-order valence-corrected chi connectivity index (χ4v) is 4.73. The lowest BCUT2D eigenvalue weighted by atomic mass is 10.0. The van der Waals surface area contributed by atoms with Crippen molar-refractivity contribution in [3.05, 3.63) is 41.5 Å². The number of anilines is 2. The summed E-state index contributed by atoms with van der Waals surface area (Å²) in [5.41, 5.74) is 6.15. The quantitative estimate of drug-likeness (QED) is 0.534. The zero-order valence-electron chi connectivity index (χ0n) is 16.4. The minimum Gasteiger partial charge on any atom is -0.365 e. The van der Waals surface area contributed by atoms with Crippen LogP contribution in [0, 0.1) is 6.92 Å². The first-order chi connectivity index (χ1) is 14.3. The highest BCUT2D eigenvalue weighted by Crippen LogP contribution is 2.35. The van der Waals surface area contributed by atoms with Gasteiger partial charge in [0.15, 0.2) is 0 Å². The number of hydrogen-bond donors (Lipinski definition) is 2. The van der Waals surface area contributed by atoms with Gasteiger partial charge in [0, 0.05) is 43.7 Å². The van der Waals surface area contributed by atoms with E-state index in [4.69, 9.17) is 4.98 Å². The number of aromatic amines is 1. The number of aryl methyl sites for hydroxylation is 1. The predicted molar refractivity (Wildman–Crippen MR) is 111 cm³/mol. The lowest BCUT2D eigenvalue weighted by Gasteiger charge is -2.36. The number of rotatable bonds is 2.